The average Bonchev–Trinajstić information content (AvgIpc) is 3.34. The number of benzene rings is 2. The number of hydrogen-bond donors (Lipinski definition) is 0. The largest absolute Gasteiger partial charge is 0.283 e. The average molecular weight is 475 g/mol. The van der Waals surface area contributed by atoms with E-state index in [9.17, 15) is 9.59 Å². The SMILES string of the molecule is CC(C)(C)c1ccc2c(c1)C=CN1C(=O)/C(=C3\C=C4c5ccc(C(C)(C)C)cc5C=CN4C3=O)C=C21. The summed E-state index contributed by atoms with van der Waals surface area (Å²) in [6.07, 6.45) is 11.4. The lowest BCUT2D eigenvalue weighted by atomic mass is 9.84. The Morgan fingerprint density at radius 1 is 0.583 bits per heavy atom. The Bertz CT molecular complexity index is 1420. The molecule has 4 nitrogen and oxygen atoms in total. The van der Waals surface area contributed by atoms with Gasteiger partial charge in [0.25, 0.3) is 11.8 Å². The van der Waals surface area contributed by atoms with Crippen LogP contribution in [0.5, 0.6) is 0 Å². The molecule has 0 fully saturated rings. The van der Waals surface area contributed by atoms with Crippen molar-refractivity contribution in [3.8, 4) is 0 Å². The molecule has 180 valence electrons. The van der Waals surface area contributed by atoms with Gasteiger partial charge in [-0.25, -0.2) is 0 Å². The first-order chi connectivity index (χ1) is 16.9. The number of nitrogens with zero attached hydrogens (tertiary/aromatic N) is 2. The van der Waals surface area contributed by atoms with Crippen LogP contribution in [0.2, 0.25) is 0 Å². The van der Waals surface area contributed by atoms with E-state index in [1.807, 2.05) is 36.7 Å². The molecule has 2 amide bonds. The van der Waals surface area contributed by atoms with E-state index in [4.69, 9.17) is 0 Å². The number of carbonyl (C=O) groups is 2. The van der Waals surface area contributed by atoms with Crippen molar-refractivity contribution in [2.45, 2.75) is 52.4 Å². The van der Waals surface area contributed by atoms with Crippen molar-refractivity contribution in [3.63, 3.8) is 0 Å². The topological polar surface area (TPSA) is 40.6 Å². The fourth-order valence-electron chi connectivity index (χ4n) is 5.22. The van der Waals surface area contributed by atoms with E-state index in [1.165, 1.54) is 11.1 Å². The molecule has 2 aromatic rings. The lowest BCUT2D eigenvalue weighted by molar-refractivity contribution is -0.123. The summed E-state index contributed by atoms with van der Waals surface area (Å²) in [5.74, 6) is -0.335. The number of hydrogen-bond acceptors (Lipinski definition) is 2. The van der Waals surface area contributed by atoms with E-state index < -0.39 is 0 Å². The summed E-state index contributed by atoms with van der Waals surface area (Å²) in [7, 11) is 0. The first-order valence-corrected chi connectivity index (χ1v) is 12.4. The summed E-state index contributed by atoms with van der Waals surface area (Å²) >= 11 is 0. The number of fused-ring (bicyclic) bond motifs is 6. The summed E-state index contributed by atoms with van der Waals surface area (Å²) in [4.78, 5) is 30.2. The standard InChI is InChI=1S/C32H30N2O2/c1-31(2,3)21-7-9-23-19(15-21)11-13-33-27(23)17-25(29(33)35)26-18-28-24-10-8-22(32(4,5)6)16-20(24)12-14-34(28)30(26)36/h7-18H,1-6H3/b26-25+. The van der Waals surface area contributed by atoms with Crippen LogP contribution in [0.4, 0.5) is 0 Å². The van der Waals surface area contributed by atoms with Crippen molar-refractivity contribution >= 4 is 35.4 Å². The summed E-state index contributed by atoms with van der Waals surface area (Å²) in [6, 6.07) is 12.8. The molecule has 0 saturated carbocycles. The molecule has 0 aromatic heterocycles. The van der Waals surface area contributed by atoms with Crippen LogP contribution in [0.3, 0.4) is 0 Å². The molecule has 2 aromatic carbocycles. The minimum Gasteiger partial charge on any atom is -0.283 e. The van der Waals surface area contributed by atoms with Crippen LogP contribution in [0.15, 0.2) is 72.1 Å². The zero-order valence-electron chi connectivity index (χ0n) is 21.6. The third-order valence-corrected chi connectivity index (χ3v) is 7.46. The zero-order chi connectivity index (χ0) is 25.6. The van der Waals surface area contributed by atoms with E-state index in [0.29, 0.717) is 11.1 Å². The molecule has 0 spiro atoms. The molecule has 0 atom stereocenters. The van der Waals surface area contributed by atoms with Gasteiger partial charge < -0.3 is 0 Å². The lowest BCUT2D eigenvalue weighted by Crippen LogP contribution is -2.25. The van der Waals surface area contributed by atoms with Gasteiger partial charge in [-0.3, -0.25) is 19.4 Å². The second kappa shape index (κ2) is 7.30. The van der Waals surface area contributed by atoms with Crippen molar-refractivity contribution < 1.29 is 9.59 Å². The molecule has 0 unspecified atom stereocenters. The quantitative estimate of drug-likeness (QED) is 0.403. The van der Waals surface area contributed by atoms with E-state index >= 15 is 0 Å². The Labute approximate surface area is 212 Å². The van der Waals surface area contributed by atoms with E-state index in [0.717, 1.165) is 33.6 Å². The fourth-order valence-corrected chi connectivity index (χ4v) is 5.22. The molecule has 0 bridgehead atoms. The second-order valence-electron chi connectivity index (χ2n) is 12.0. The fraction of sp³-hybridized carbons (Fsp3) is 0.250. The summed E-state index contributed by atoms with van der Waals surface area (Å²) < 4.78 is 0. The lowest BCUT2D eigenvalue weighted by Gasteiger charge is -2.25. The summed E-state index contributed by atoms with van der Waals surface area (Å²) in [5.41, 5.74) is 9.28. The van der Waals surface area contributed by atoms with Crippen LogP contribution < -0.4 is 0 Å². The number of amides is 2. The van der Waals surface area contributed by atoms with Crippen molar-refractivity contribution in [1.82, 2.24) is 9.80 Å². The smallest absolute Gasteiger partial charge is 0.263 e. The van der Waals surface area contributed by atoms with Crippen LogP contribution >= 0.6 is 0 Å². The van der Waals surface area contributed by atoms with Gasteiger partial charge in [0, 0.05) is 23.5 Å². The minimum atomic E-state index is -0.167. The molecule has 36 heavy (non-hydrogen) atoms. The predicted octanol–water partition coefficient (Wildman–Crippen LogP) is 6.61. The Morgan fingerprint density at radius 2 is 0.972 bits per heavy atom. The first-order valence-electron chi connectivity index (χ1n) is 12.4. The molecule has 6 rings (SSSR count). The van der Waals surface area contributed by atoms with Gasteiger partial charge in [0.2, 0.25) is 0 Å². The van der Waals surface area contributed by atoms with Crippen molar-refractivity contribution in [2.24, 2.45) is 0 Å². The van der Waals surface area contributed by atoms with E-state index in [2.05, 4.69) is 77.9 Å². The Hall–Kier alpha value is -3.92. The first kappa shape index (κ1) is 22.5. The molecular weight excluding hydrogens is 444 g/mol. The summed E-state index contributed by atoms with van der Waals surface area (Å²) in [5, 5.41) is 0. The Balaban J connectivity index is 1.44. The molecule has 0 radical (unpaired) electrons. The van der Waals surface area contributed by atoms with Crippen molar-refractivity contribution in [1.29, 1.82) is 0 Å². The van der Waals surface area contributed by atoms with Gasteiger partial charge in [-0.1, -0.05) is 77.9 Å². The minimum absolute atomic E-state index is 0.0393. The molecular formula is C32H30N2O2. The van der Waals surface area contributed by atoms with E-state index in [1.54, 1.807) is 9.80 Å². The number of rotatable bonds is 0. The van der Waals surface area contributed by atoms with Crippen LogP contribution in [-0.4, -0.2) is 21.6 Å². The zero-order valence-corrected chi connectivity index (χ0v) is 21.6. The van der Waals surface area contributed by atoms with Gasteiger partial charge in [-0.2, -0.15) is 0 Å². The molecule has 0 saturated heterocycles. The maximum Gasteiger partial charge on any atom is 0.263 e. The molecule has 4 aliphatic rings. The highest BCUT2D eigenvalue weighted by Crippen LogP contribution is 2.43. The van der Waals surface area contributed by atoms with E-state index in [-0.39, 0.29) is 22.6 Å². The normalized spacial score (nSPS) is 20.3. The third kappa shape index (κ3) is 3.28. The van der Waals surface area contributed by atoms with Gasteiger partial charge in [-0.15, -0.1) is 0 Å². The van der Waals surface area contributed by atoms with Gasteiger partial charge in [0.05, 0.1) is 22.5 Å². The maximum absolute atomic E-state index is 13.5. The van der Waals surface area contributed by atoms with Crippen LogP contribution in [-0.2, 0) is 20.4 Å². The highest BCUT2D eigenvalue weighted by Gasteiger charge is 2.38. The highest BCUT2D eigenvalue weighted by molar-refractivity contribution is 6.20. The maximum atomic E-state index is 13.5. The van der Waals surface area contributed by atoms with Gasteiger partial charge in [-0.05, 0) is 57.4 Å². The van der Waals surface area contributed by atoms with Crippen LogP contribution in [0.25, 0.3) is 23.5 Å². The second-order valence-corrected chi connectivity index (χ2v) is 12.0. The monoisotopic (exact) mass is 474 g/mol. The van der Waals surface area contributed by atoms with Gasteiger partial charge in [0.1, 0.15) is 0 Å². The summed E-state index contributed by atoms with van der Waals surface area (Å²) in [6.45, 7) is 13.2. The third-order valence-electron chi connectivity index (χ3n) is 7.46. The van der Waals surface area contributed by atoms with Crippen molar-refractivity contribution in [2.75, 3.05) is 0 Å². The molecule has 4 heteroatoms. The van der Waals surface area contributed by atoms with Crippen molar-refractivity contribution in [3.05, 3.63) is 105 Å². The predicted molar refractivity (Wildman–Crippen MR) is 145 cm³/mol. The molecule has 0 N–H and O–H groups in total. The number of carbonyl (C=O) groups excluding carboxylic acids is 2. The Kier molecular flexibility index (Phi) is 4.57. The Morgan fingerprint density at radius 3 is 1.33 bits per heavy atom. The van der Waals surface area contributed by atoms with Crippen LogP contribution in [0.1, 0.15) is 74.9 Å². The van der Waals surface area contributed by atoms with Crippen LogP contribution in [0, 0.1) is 0 Å². The highest BCUT2D eigenvalue weighted by atomic mass is 16.2. The van der Waals surface area contributed by atoms with Gasteiger partial charge in [0.15, 0.2) is 0 Å². The molecule has 4 heterocycles. The van der Waals surface area contributed by atoms with Gasteiger partial charge >= 0.3 is 0 Å². The molecule has 0 aliphatic carbocycles. The molecule has 4 aliphatic heterocycles.